The average Bonchev–Trinajstić information content (AvgIpc) is 2.71. The molecule has 0 aromatic rings. The number of hydrogen-bond donors (Lipinski definition) is 2. The number of ether oxygens (including phenoxy) is 2. The molecule has 3 atom stereocenters. The second-order valence-electron chi connectivity index (χ2n) is 6.51. The second kappa shape index (κ2) is 3.52. The van der Waals surface area contributed by atoms with Gasteiger partial charge in [0.2, 0.25) is 0 Å². The normalized spacial score (nSPS) is 44.0. The Labute approximate surface area is 118 Å². The van der Waals surface area contributed by atoms with Crippen LogP contribution >= 0.6 is 0 Å². The van der Waals surface area contributed by atoms with Crippen molar-refractivity contribution in [2.24, 2.45) is 27.9 Å². The fraction of sp³-hybridized carbons (Fsp3) is 0.786. The molecular formula is C14H19N4O2+. The van der Waals surface area contributed by atoms with Crippen molar-refractivity contribution < 1.29 is 14.5 Å². The van der Waals surface area contributed by atoms with Crippen molar-refractivity contribution in [1.82, 2.24) is 0 Å². The van der Waals surface area contributed by atoms with Gasteiger partial charge in [-0.3, -0.25) is 5.73 Å². The molecule has 2 fully saturated rings. The third-order valence-corrected chi connectivity index (χ3v) is 5.20. The number of fused-ring (bicyclic) bond motifs is 2. The van der Waals surface area contributed by atoms with E-state index < -0.39 is 22.2 Å². The topological polar surface area (TPSA) is 106 Å². The molecule has 0 aromatic heterocycles. The minimum atomic E-state index is -1.27. The van der Waals surface area contributed by atoms with Crippen molar-refractivity contribution in [2.75, 3.05) is 13.2 Å². The molecule has 6 heteroatoms. The van der Waals surface area contributed by atoms with Crippen LogP contribution in [0.5, 0.6) is 0 Å². The molecule has 106 valence electrons. The first kappa shape index (κ1) is 13.4. The highest BCUT2D eigenvalue weighted by atomic mass is 16.8. The predicted octanol–water partition coefficient (Wildman–Crippen LogP) is -0.776. The lowest BCUT2D eigenvalue weighted by atomic mass is 9.84. The summed E-state index contributed by atoms with van der Waals surface area (Å²) in [6.07, 6.45) is 0.713. The summed E-state index contributed by atoms with van der Waals surface area (Å²) < 4.78 is 11.4. The second-order valence-corrected chi connectivity index (χ2v) is 6.51. The van der Waals surface area contributed by atoms with Crippen LogP contribution in [0.4, 0.5) is 0 Å². The zero-order valence-electron chi connectivity index (χ0n) is 12.0. The highest BCUT2D eigenvalue weighted by Crippen LogP contribution is 2.84. The largest absolute Gasteiger partial charge is 0.343 e. The number of amidine groups is 1. The van der Waals surface area contributed by atoms with Gasteiger partial charge in [0.15, 0.2) is 10.8 Å². The number of nitrogens with one attached hydrogen (secondary N) is 1. The Morgan fingerprint density at radius 2 is 1.90 bits per heavy atom. The maximum Gasteiger partial charge on any atom is 0.343 e. The number of nitriles is 2. The van der Waals surface area contributed by atoms with Crippen LogP contribution < -0.4 is 10.7 Å². The Hall–Kier alpha value is -1.63. The number of nitrogens with zero attached hydrogens (tertiary/aromatic N) is 2. The molecule has 0 aromatic carbocycles. The van der Waals surface area contributed by atoms with Gasteiger partial charge in [-0.05, 0) is 12.3 Å². The summed E-state index contributed by atoms with van der Waals surface area (Å²) in [7, 11) is 0. The van der Waals surface area contributed by atoms with Crippen molar-refractivity contribution >= 4 is 5.84 Å². The van der Waals surface area contributed by atoms with Crippen LogP contribution in [0.3, 0.4) is 0 Å². The van der Waals surface area contributed by atoms with Crippen LogP contribution in [0.2, 0.25) is 0 Å². The van der Waals surface area contributed by atoms with E-state index in [-0.39, 0.29) is 0 Å². The van der Waals surface area contributed by atoms with Crippen molar-refractivity contribution in [2.45, 2.75) is 33.1 Å². The lowest BCUT2D eigenvalue weighted by Crippen LogP contribution is -2.90. The summed E-state index contributed by atoms with van der Waals surface area (Å²) in [6, 6.07) is 4.63. The van der Waals surface area contributed by atoms with Gasteiger partial charge >= 0.3 is 5.91 Å². The monoisotopic (exact) mass is 275 g/mol. The van der Waals surface area contributed by atoms with Crippen LogP contribution in [-0.4, -0.2) is 25.0 Å². The molecule has 20 heavy (non-hydrogen) atoms. The molecule has 0 unspecified atom stereocenters. The van der Waals surface area contributed by atoms with E-state index in [2.05, 4.69) is 31.0 Å². The molecule has 1 spiro atoms. The molecule has 2 heterocycles. The molecule has 2 aliphatic heterocycles. The summed E-state index contributed by atoms with van der Waals surface area (Å²) in [5.41, 5.74) is 3.39. The molecule has 3 rings (SSSR count). The molecule has 3 N–H and O–H groups in total. The number of nitrogens with two attached hydrogens (primary N) is 1. The molecule has 6 nitrogen and oxygen atoms in total. The summed E-state index contributed by atoms with van der Waals surface area (Å²) in [5.74, 6) is -0.635. The zero-order valence-corrected chi connectivity index (χ0v) is 12.0. The highest BCUT2D eigenvalue weighted by Gasteiger charge is 3.02. The first-order valence-electron chi connectivity index (χ1n) is 6.89. The fourth-order valence-corrected chi connectivity index (χ4v) is 4.63. The van der Waals surface area contributed by atoms with E-state index in [1.165, 1.54) is 0 Å². The molecule has 0 amide bonds. The van der Waals surface area contributed by atoms with Gasteiger partial charge in [0.25, 0.3) is 5.84 Å². The van der Waals surface area contributed by atoms with Gasteiger partial charge in [-0.25, -0.2) is 4.99 Å². The highest BCUT2D eigenvalue weighted by molar-refractivity contribution is 5.94. The molecular weight excluding hydrogens is 256 g/mol. The maximum atomic E-state index is 9.89. The van der Waals surface area contributed by atoms with Crippen LogP contribution in [0.25, 0.3) is 0 Å². The maximum absolute atomic E-state index is 9.89. The lowest BCUT2D eigenvalue weighted by Gasteiger charge is -2.27. The van der Waals surface area contributed by atoms with E-state index in [1.807, 2.05) is 6.92 Å². The fourth-order valence-electron chi connectivity index (χ4n) is 4.63. The van der Waals surface area contributed by atoms with E-state index >= 15 is 0 Å². The van der Waals surface area contributed by atoms with Gasteiger partial charge in [-0.15, -0.1) is 0 Å². The molecule has 1 saturated heterocycles. The van der Waals surface area contributed by atoms with Crippen LogP contribution in [0.15, 0.2) is 0 Å². The van der Waals surface area contributed by atoms with Gasteiger partial charge in [0, 0.05) is 5.41 Å². The van der Waals surface area contributed by atoms with E-state index in [0.29, 0.717) is 31.4 Å². The Balaban J connectivity index is 2.21. The van der Waals surface area contributed by atoms with Gasteiger partial charge in [0.05, 0.1) is 25.4 Å². The van der Waals surface area contributed by atoms with Crippen LogP contribution in [0, 0.1) is 44.8 Å². The van der Waals surface area contributed by atoms with E-state index in [0.717, 1.165) is 0 Å². The first-order chi connectivity index (χ1) is 9.37. The quantitative estimate of drug-likeness (QED) is 0.688. The number of hydrogen-bond acceptors (Lipinski definition) is 5. The van der Waals surface area contributed by atoms with Crippen molar-refractivity contribution in [3.63, 3.8) is 0 Å². The van der Waals surface area contributed by atoms with Crippen molar-refractivity contribution in [3.05, 3.63) is 0 Å². The Morgan fingerprint density at radius 1 is 1.30 bits per heavy atom. The third-order valence-electron chi connectivity index (χ3n) is 5.20. The average molecular weight is 275 g/mol. The molecule has 1 aliphatic carbocycles. The Morgan fingerprint density at radius 3 is 2.35 bits per heavy atom. The summed E-state index contributed by atoms with van der Waals surface area (Å²) in [6.45, 7) is 6.87. The molecule has 1 saturated carbocycles. The lowest BCUT2D eigenvalue weighted by molar-refractivity contribution is -0.678. The Kier molecular flexibility index (Phi) is 2.35. The minimum Gasteiger partial charge on any atom is -0.311 e. The van der Waals surface area contributed by atoms with Gasteiger partial charge in [-0.1, -0.05) is 20.8 Å². The molecule has 0 bridgehead atoms. The third kappa shape index (κ3) is 0.963. The SMILES string of the molecule is CC(C)C[C@@]1(C)[C@]2(C#N)C(N)=[NH+]C3(OCCO3)[C@]12C#N. The molecule has 0 radical (unpaired) electrons. The standard InChI is InChI=1S/C14H18N4O2/c1-9(2)6-11(3)12(7-15)10(17)18-14(13(11,12)8-16)19-4-5-20-14/h9H,4-6H2,1-3H3,(H2,17,18)/p+1/t11-,12-,13+/m0/s1. The predicted molar refractivity (Wildman–Crippen MR) is 68.4 cm³/mol. The summed E-state index contributed by atoms with van der Waals surface area (Å²) in [4.78, 5) is 2.95. The molecule has 3 aliphatic rings. The van der Waals surface area contributed by atoms with E-state index in [9.17, 15) is 10.5 Å². The summed E-state index contributed by atoms with van der Waals surface area (Å²) in [5, 5.41) is 19.7. The van der Waals surface area contributed by atoms with Crippen molar-refractivity contribution in [1.29, 1.82) is 10.5 Å². The van der Waals surface area contributed by atoms with Gasteiger partial charge in [-0.2, -0.15) is 10.5 Å². The number of rotatable bonds is 2. The van der Waals surface area contributed by atoms with E-state index in [4.69, 9.17) is 15.2 Å². The van der Waals surface area contributed by atoms with Gasteiger partial charge < -0.3 is 9.47 Å². The first-order valence-corrected chi connectivity index (χ1v) is 6.89. The van der Waals surface area contributed by atoms with Crippen LogP contribution in [-0.2, 0) is 9.47 Å². The zero-order chi connectivity index (χ0) is 14.8. The smallest absolute Gasteiger partial charge is 0.311 e. The minimum absolute atomic E-state index is 0.298. The summed E-state index contributed by atoms with van der Waals surface area (Å²) >= 11 is 0. The van der Waals surface area contributed by atoms with Gasteiger partial charge in [0.1, 0.15) is 0 Å². The van der Waals surface area contributed by atoms with Crippen LogP contribution in [0.1, 0.15) is 27.2 Å². The Bertz CT molecular complexity index is 581. The van der Waals surface area contributed by atoms with Crippen molar-refractivity contribution in [3.8, 4) is 12.1 Å². The van der Waals surface area contributed by atoms with E-state index in [1.54, 1.807) is 0 Å².